The molecule has 0 aliphatic carbocycles. The molecule has 0 fully saturated rings. The van der Waals surface area contributed by atoms with Crippen LogP contribution in [0.5, 0.6) is 0 Å². The van der Waals surface area contributed by atoms with Gasteiger partial charge in [-0.05, 0) is 60.8 Å². The molecule has 8 heteroatoms. The van der Waals surface area contributed by atoms with E-state index >= 15 is 0 Å². The molecule has 1 unspecified atom stereocenters. The molecule has 24 heavy (non-hydrogen) atoms. The van der Waals surface area contributed by atoms with Crippen molar-refractivity contribution in [3.8, 4) is 0 Å². The number of carbonyl (C=O) groups excluding carboxylic acids is 3. The van der Waals surface area contributed by atoms with Crippen LogP contribution in [0.4, 0.5) is 9.59 Å². The number of unbranched alkanes of at least 4 members (excludes halogenated alkanes) is 1. The van der Waals surface area contributed by atoms with Gasteiger partial charge < -0.3 is 20.1 Å². The summed E-state index contributed by atoms with van der Waals surface area (Å²) in [7, 11) is 0. The number of thiol groups is 1. The van der Waals surface area contributed by atoms with E-state index in [4.69, 9.17) is 9.47 Å². The normalized spacial score (nSPS) is 13.0. The van der Waals surface area contributed by atoms with Gasteiger partial charge in [-0.15, -0.1) is 12.6 Å². The number of amides is 2. The van der Waals surface area contributed by atoms with E-state index in [1.807, 2.05) is 0 Å². The first kappa shape index (κ1) is 22.6. The topological polar surface area (TPSA) is 93.7 Å². The maximum Gasteiger partial charge on any atom is 0.408 e. The van der Waals surface area contributed by atoms with Gasteiger partial charge in [0.15, 0.2) is 0 Å². The fraction of sp³-hybridized carbons (Fsp3) is 0.812. The molecule has 0 rings (SSSR count). The van der Waals surface area contributed by atoms with Crippen LogP contribution in [-0.2, 0) is 14.3 Å². The number of hydrogen-bond acceptors (Lipinski definition) is 5. The van der Waals surface area contributed by atoms with Crippen molar-refractivity contribution in [1.29, 1.82) is 0 Å². The maximum atomic E-state index is 11.7. The number of alkyl carbamates (subject to hydrolysis) is 2. The number of carbonyl (C=O) groups is 3. The molecule has 0 aromatic heterocycles. The second kappa shape index (κ2) is 9.76. The lowest BCUT2D eigenvalue weighted by molar-refractivity contribution is -0.112. The number of ether oxygens (including phenoxy) is 2. The van der Waals surface area contributed by atoms with E-state index in [1.165, 1.54) is 0 Å². The van der Waals surface area contributed by atoms with Crippen LogP contribution in [0.1, 0.15) is 60.8 Å². The average molecular weight is 362 g/mol. The van der Waals surface area contributed by atoms with Crippen molar-refractivity contribution in [2.45, 2.75) is 78.0 Å². The third-order valence-corrected chi connectivity index (χ3v) is 2.89. The van der Waals surface area contributed by atoms with E-state index in [9.17, 15) is 14.4 Å². The SMILES string of the molecule is CC(C)(C)OC(=O)NCCCCC(NC(=O)OC(C)(C)C)C(=O)S. The minimum Gasteiger partial charge on any atom is -0.444 e. The quantitative estimate of drug-likeness (QED) is 0.478. The molecule has 0 radical (unpaired) electrons. The molecule has 7 nitrogen and oxygen atoms in total. The van der Waals surface area contributed by atoms with E-state index < -0.39 is 34.5 Å². The van der Waals surface area contributed by atoms with Gasteiger partial charge in [-0.2, -0.15) is 0 Å². The summed E-state index contributed by atoms with van der Waals surface area (Å²) in [5, 5.41) is 4.71. The van der Waals surface area contributed by atoms with Gasteiger partial charge in [0.25, 0.3) is 0 Å². The number of rotatable bonds is 7. The molecule has 2 N–H and O–H groups in total. The molecule has 0 saturated carbocycles. The summed E-state index contributed by atoms with van der Waals surface area (Å²) >= 11 is 3.78. The average Bonchev–Trinajstić information content (AvgIpc) is 2.32. The maximum absolute atomic E-state index is 11.7. The highest BCUT2D eigenvalue weighted by Gasteiger charge is 2.22. The van der Waals surface area contributed by atoms with Crippen molar-refractivity contribution < 1.29 is 23.9 Å². The molecule has 0 spiro atoms. The van der Waals surface area contributed by atoms with Crippen LogP contribution in [0.15, 0.2) is 0 Å². The molecule has 0 aromatic rings. The van der Waals surface area contributed by atoms with Crippen molar-refractivity contribution in [3.63, 3.8) is 0 Å². The fourth-order valence-electron chi connectivity index (χ4n) is 1.69. The summed E-state index contributed by atoms with van der Waals surface area (Å²) in [5.74, 6) is 0. The van der Waals surface area contributed by atoms with Crippen LogP contribution in [0, 0.1) is 0 Å². The molecule has 0 aliphatic rings. The van der Waals surface area contributed by atoms with Crippen molar-refractivity contribution in [1.82, 2.24) is 10.6 Å². The molecule has 0 heterocycles. The fourth-order valence-corrected chi connectivity index (χ4v) is 1.88. The zero-order chi connectivity index (χ0) is 19.0. The Labute approximate surface area is 149 Å². The summed E-state index contributed by atoms with van der Waals surface area (Å²) < 4.78 is 10.2. The predicted octanol–water partition coefficient (Wildman–Crippen LogP) is 3.03. The zero-order valence-electron chi connectivity index (χ0n) is 15.4. The molecule has 2 amide bonds. The van der Waals surface area contributed by atoms with Crippen LogP contribution in [0.25, 0.3) is 0 Å². The Bertz CT molecular complexity index is 441. The van der Waals surface area contributed by atoms with Crippen LogP contribution in [0.3, 0.4) is 0 Å². The Morgan fingerprint density at radius 2 is 1.42 bits per heavy atom. The molecule has 0 bridgehead atoms. The summed E-state index contributed by atoms with van der Waals surface area (Å²) in [5.41, 5.74) is -1.17. The van der Waals surface area contributed by atoms with Gasteiger partial charge in [-0.25, -0.2) is 9.59 Å². The first-order chi connectivity index (χ1) is 10.8. The Morgan fingerprint density at radius 3 is 1.88 bits per heavy atom. The van der Waals surface area contributed by atoms with Crippen molar-refractivity contribution in [2.75, 3.05) is 6.54 Å². The highest BCUT2D eigenvalue weighted by Crippen LogP contribution is 2.10. The molecule has 0 saturated heterocycles. The summed E-state index contributed by atoms with van der Waals surface area (Å²) in [6, 6.07) is -0.718. The second-order valence-corrected chi connectivity index (χ2v) is 7.90. The molecule has 0 aromatic carbocycles. The third-order valence-electron chi connectivity index (χ3n) is 2.58. The summed E-state index contributed by atoms with van der Waals surface area (Å²) in [4.78, 5) is 34.6. The number of hydrogen-bond donors (Lipinski definition) is 3. The molecule has 0 aliphatic heterocycles. The monoisotopic (exact) mass is 362 g/mol. The molecular formula is C16H30N2O5S. The summed E-state index contributed by atoms with van der Waals surface area (Å²) in [6.45, 7) is 11.0. The zero-order valence-corrected chi connectivity index (χ0v) is 16.3. The summed E-state index contributed by atoms with van der Waals surface area (Å²) in [6.07, 6.45) is 0.561. The minimum absolute atomic E-state index is 0.414. The second-order valence-electron chi connectivity index (χ2n) is 7.46. The van der Waals surface area contributed by atoms with Crippen LogP contribution in [-0.4, -0.2) is 41.1 Å². The highest BCUT2D eigenvalue weighted by molar-refractivity contribution is 7.96. The van der Waals surface area contributed by atoms with Gasteiger partial charge >= 0.3 is 12.2 Å². The minimum atomic E-state index is -0.718. The van der Waals surface area contributed by atoms with E-state index in [2.05, 4.69) is 23.3 Å². The largest absolute Gasteiger partial charge is 0.444 e. The Morgan fingerprint density at radius 1 is 0.917 bits per heavy atom. The Balaban J connectivity index is 4.09. The standard InChI is InChI=1S/C16H30N2O5S/c1-15(2,3)22-13(20)17-10-8-7-9-11(12(19)24)18-14(21)23-16(4,5)6/h11H,7-10H2,1-6H3,(H,17,20)(H,18,21)(H,19,24). The van der Waals surface area contributed by atoms with Crippen LogP contribution in [0.2, 0.25) is 0 Å². The highest BCUT2D eigenvalue weighted by atomic mass is 32.1. The van der Waals surface area contributed by atoms with E-state index in [0.29, 0.717) is 25.8 Å². The van der Waals surface area contributed by atoms with Gasteiger partial charge in [0.2, 0.25) is 5.12 Å². The lowest BCUT2D eigenvalue weighted by atomic mass is 10.1. The van der Waals surface area contributed by atoms with Gasteiger partial charge in [-0.3, -0.25) is 4.79 Å². The van der Waals surface area contributed by atoms with Crippen LogP contribution >= 0.6 is 12.6 Å². The Kier molecular flexibility index (Phi) is 9.17. The van der Waals surface area contributed by atoms with E-state index in [1.54, 1.807) is 41.5 Å². The first-order valence-corrected chi connectivity index (χ1v) is 8.44. The predicted molar refractivity (Wildman–Crippen MR) is 95.2 cm³/mol. The van der Waals surface area contributed by atoms with Gasteiger partial charge in [0.1, 0.15) is 17.2 Å². The van der Waals surface area contributed by atoms with Crippen LogP contribution < -0.4 is 10.6 Å². The van der Waals surface area contributed by atoms with E-state index in [0.717, 1.165) is 0 Å². The van der Waals surface area contributed by atoms with Gasteiger partial charge in [0.05, 0.1) is 0 Å². The Hall–Kier alpha value is -1.44. The van der Waals surface area contributed by atoms with Crippen molar-refractivity contribution >= 4 is 29.9 Å². The number of nitrogens with one attached hydrogen (secondary N) is 2. The van der Waals surface area contributed by atoms with Crippen molar-refractivity contribution in [3.05, 3.63) is 0 Å². The van der Waals surface area contributed by atoms with E-state index in [-0.39, 0.29) is 0 Å². The lowest BCUT2D eigenvalue weighted by Gasteiger charge is -2.22. The lowest BCUT2D eigenvalue weighted by Crippen LogP contribution is -2.42. The smallest absolute Gasteiger partial charge is 0.408 e. The van der Waals surface area contributed by atoms with Crippen molar-refractivity contribution in [2.24, 2.45) is 0 Å². The van der Waals surface area contributed by atoms with Gasteiger partial charge in [-0.1, -0.05) is 0 Å². The first-order valence-electron chi connectivity index (χ1n) is 7.99. The molecular weight excluding hydrogens is 332 g/mol. The van der Waals surface area contributed by atoms with Gasteiger partial charge in [0, 0.05) is 6.54 Å². The molecule has 140 valence electrons. The molecule has 1 atom stereocenters. The third kappa shape index (κ3) is 13.0.